The van der Waals surface area contributed by atoms with E-state index in [1.165, 1.54) is 38.5 Å². The van der Waals surface area contributed by atoms with Gasteiger partial charge in [-0.05, 0) is 51.0 Å². The highest BCUT2D eigenvalue weighted by Crippen LogP contribution is 2.35. The molecule has 0 spiro atoms. The van der Waals surface area contributed by atoms with Crippen molar-refractivity contribution in [2.24, 2.45) is 11.8 Å². The summed E-state index contributed by atoms with van der Waals surface area (Å²) in [5, 5.41) is 10.3. The van der Waals surface area contributed by atoms with Crippen molar-refractivity contribution in [3.8, 4) is 0 Å². The van der Waals surface area contributed by atoms with E-state index in [2.05, 4.69) is 25.8 Å². The van der Waals surface area contributed by atoms with Crippen molar-refractivity contribution < 1.29 is 5.11 Å². The normalized spacial score (nSPS) is 36.0. The fraction of sp³-hybridized carbons (Fsp3) is 1.00. The smallest absolute Gasteiger partial charge is 0.0695 e. The largest absolute Gasteiger partial charge is 0.391 e. The Hall–Kier alpha value is -0.0800. The first kappa shape index (κ1) is 13.4. The fourth-order valence-electron chi connectivity index (χ4n) is 3.79. The quantitative estimate of drug-likeness (QED) is 0.818. The highest BCUT2D eigenvalue weighted by molar-refractivity contribution is 4.90. The minimum Gasteiger partial charge on any atom is -0.391 e. The van der Waals surface area contributed by atoms with Gasteiger partial charge in [0.05, 0.1) is 6.10 Å². The molecule has 0 bridgehead atoms. The first-order valence-corrected chi connectivity index (χ1v) is 7.49. The molecule has 100 valence electrons. The van der Waals surface area contributed by atoms with Crippen molar-refractivity contribution in [3.05, 3.63) is 0 Å². The average Bonchev–Trinajstić information content (AvgIpc) is 2.81. The zero-order chi connectivity index (χ0) is 12.4. The summed E-state index contributed by atoms with van der Waals surface area (Å²) in [6.07, 6.45) is 8.77. The monoisotopic (exact) mass is 239 g/mol. The summed E-state index contributed by atoms with van der Waals surface area (Å²) in [5.41, 5.74) is 0. The van der Waals surface area contributed by atoms with E-state index < -0.39 is 0 Å². The molecule has 2 fully saturated rings. The van der Waals surface area contributed by atoms with Gasteiger partial charge in [0.15, 0.2) is 0 Å². The third-order valence-corrected chi connectivity index (χ3v) is 5.19. The number of rotatable bonds is 3. The molecular formula is C15H29NO. The Bertz CT molecular complexity index is 235. The molecule has 2 aliphatic rings. The lowest BCUT2D eigenvalue weighted by atomic mass is 9.77. The minimum atomic E-state index is -0.0874. The summed E-state index contributed by atoms with van der Waals surface area (Å²) in [5.74, 6) is 1.58. The molecule has 2 rings (SSSR count). The zero-order valence-electron chi connectivity index (χ0n) is 11.7. The Labute approximate surface area is 106 Å². The van der Waals surface area contributed by atoms with Gasteiger partial charge in [0.1, 0.15) is 0 Å². The first-order chi connectivity index (χ1) is 8.09. The molecule has 3 unspecified atom stereocenters. The predicted molar refractivity (Wildman–Crippen MR) is 72.0 cm³/mol. The summed E-state index contributed by atoms with van der Waals surface area (Å²) in [6.45, 7) is 4.66. The van der Waals surface area contributed by atoms with Crippen LogP contribution in [0.3, 0.4) is 0 Å². The van der Waals surface area contributed by atoms with Crippen LogP contribution in [0, 0.1) is 11.8 Å². The minimum absolute atomic E-state index is 0.0874. The fourth-order valence-corrected chi connectivity index (χ4v) is 3.79. The number of aliphatic hydroxyl groups is 1. The van der Waals surface area contributed by atoms with Crippen molar-refractivity contribution in [2.75, 3.05) is 7.05 Å². The van der Waals surface area contributed by atoms with Crippen LogP contribution in [-0.4, -0.2) is 35.2 Å². The zero-order valence-corrected chi connectivity index (χ0v) is 11.7. The van der Waals surface area contributed by atoms with Crippen molar-refractivity contribution in [3.63, 3.8) is 0 Å². The summed E-state index contributed by atoms with van der Waals surface area (Å²) in [6, 6.07) is 1.15. The van der Waals surface area contributed by atoms with Gasteiger partial charge in [-0.25, -0.2) is 0 Å². The predicted octanol–water partition coefficient (Wildman–Crippen LogP) is 3.05. The molecule has 0 aromatic heterocycles. The first-order valence-electron chi connectivity index (χ1n) is 7.49. The average molecular weight is 239 g/mol. The van der Waals surface area contributed by atoms with Crippen LogP contribution < -0.4 is 0 Å². The standard InChI is InChI=1S/C15H29NO/c1-11(2)12-8-9-15(17)14(10-12)16(3)13-6-4-5-7-13/h11-15,17H,4-10H2,1-3H3. The van der Waals surface area contributed by atoms with Gasteiger partial charge in [0.2, 0.25) is 0 Å². The topological polar surface area (TPSA) is 23.5 Å². The van der Waals surface area contributed by atoms with E-state index in [1.807, 2.05) is 0 Å². The second-order valence-electron chi connectivity index (χ2n) is 6.56. The number of nitrogens with zero attached hydrogens (tertiary/aromatic N) is 1. The highest BCUT2D eigenvalue weighted by Gasteiger charge is 2.36. The van der Waals surface area contributed by atoms with E-state index in [0.29, 0.717) is 6.04 Å². The van der Waals surface area contributed by atoms with E-state index in [4.69, 9.17) is 0 Å². The molecule has 17 heavy (non-hydrogen) atoms. The molecule has 0 aromatic rings. The van der Waals surface area contributed by atoms with Gasteiger partial charge in [-0.1, -0.05) is 26.7 Å². The Balaban J connectivity index is 1.96. The molecular weight excluding hydrogens is 210 g/mol. The molecule has 0 saturated heterocycles. The van der Waals surface area contributed by atoms with Crippen LogP contribution in [0.15, 0.2) is 0 Å². The summed E-state index contributed by atoms with van der Waals surface area (Å²) in [7, 11) is 2.24. The summed E-state index contributed by atoms with van der Waals surface area (Å²) in [4.78, 5) is 2.51. The third-order valence-electron chi connectivity index (χ3n) is 5.19. The van der Waals surface area contributed by atoms with Gasteiger partial charge >= 0.3 is 0 Å². The van der Waals surface area contributed by atoms with Crippen molar-refractivity contribution in [1.29, 1.82) is 0 Å². The van der Waals surface area contributed by atoms with E-state index in [9.17, 15) is 5.11 Å². The van der Waals surface area contributed by atoms with Crippen LogP contribution in [-0.2, 0) is 0 Å². The van der Waals surface area contributed by atoms with Crippen LogP contribution in [0.2, 0.25) is 0 Å². The second-order valence-corrected chi connectivity index (χ2v) is 6.56. The van der Waals surface area contributed by atoms with Gasteiger partial charge in [0.25, 0.3) is 0 Å². The highest BCUT2D eigenvalue weighted by atomic mass is 16.3. The van der Waals surface area contributed by atoms with Crippen LogP contribution in [0.4, 0.5) is 0 Å². The van der Waals surface area contributed by atoms with Crippen LogP contribution in [0.5, 0.6) is 0 Å². The number of likely N-dealkylation sites (N-methyl/N-ethyl adjacent to an activating group) is 1. The maximum Gasteiger partial charge on any atom is 0.0695 e. The lowest BCUT2D eigenvalue weighted by Gasteiger charge is -2.42. The maximum atomic E-state index is 10.3. The van der Waals surface area contributed by atoms with Crippen LogP contribution in [0.1, 0.15) is 58.8 Å². The van der Waals surface area contributed by atoms with E-state index in [0.717, 1.165) is 24.3 Å². The Morgan fingerprint density at radius 1 is 1.06 bits per heavy atom. The van der Waals surface area contributed by atoms with Crippen LogP contribution in [0.25, 0.3) is 0 Å². The number of hydrogen-bond donors (Lipinski definition) is 1. The van der Waals surface area contributed by atoms with E-state index in [1.54, 1.807) is 0 Å². The summed E-state index contributed by atoms with van der Waals surface area (Å²) < 4.78 is 0. The van der Waals surface area contributed by atoms with Gasteiger partial charge < -0.3 is 5.11 Å². The summed E-state index contributed by atoms with van der Waals surface area (Å²) >= 11 is 0. The second kappa shape index (κ2) is 5.71. The molecule has 0 heterocycles. The van der Waals surface area contributed by atoms with Gasteiger partial charge in [0, 0.05) is 12.1 Å². The molecule has 2 aliphatic carbocycles. The van der Waals surface area contributed by atoms with E-state index >= 15 is 0 Å². The maximum absolute atomic E-state index is 10.3. The Morgan fingerprint density at radius 3 is 2.29 bits per heavy atom. The van der Waals surface area contributed by atoms with Gasteiger partial charge in [-0.2, -0.15) is 0 Å². The molecule has 0 aromatic carbocycles. The molecule has 2 heteroatoms. The lowest BCUT2D eigenvalue weighted by molar-refractivity contribution is -0.00946. The van der Waals surface area contributed by atoms with Gasteiger partial charge in [-0.15, -0.1) is 0 Å². The molecule has 2 nitrogen and oxygen atoms in total. The lowest BCUT2D eigenvalue weighted by Crippen LogP contribution is -2.49. The Kier molecular flexibility index (Phi) is 4.48. The number of aliphatic hydroxyl groups excluding tert-OH is 1. The van der Waals surface area contributed by atoms with Crippen molar-refractivity contribution in [2.45, 2.75) is 77.0 Å². The van der Waals surface area contributed by atoms with E-state index in [-0.39, 0.29) is 6.10 Å². The molecule has 1 N–H and O–H groups in total. The third kappa shape index (κ3) is 3.03. The SMILES string of the molecule is CC(C)C1CCC(O)C(N(C)C2CCCC2)C1. The molecule has 3 atom stereocenters. The molecule has 0 aliphatic heterocycles. The van der Waals surface area contributed by atoms with Crippen molar-refractivity contribution >= 4 is 0 Å². The van der Waals surface area contributed by atoms with Gasteiger partial charge in [-0.3, -0.25) is 4.90 Å². The van der Waals surface area contributed by atoms with Crippen LogP contribution >= 0.6 is 0 Å². The number of hydrogen-bond acceptors (Lipinski definition) is 2. The molecule has 0 radical (unpaired) electrons. The van der Waals surface area contributed by atoms with Crippen molar-refractivity contribution in [1.82, 2.24) is 4.90 Å². The molecule has 0 amide bonds. The molecule has 2 saturated carbocycles. The Morgan fingerprint density at radius 2 is 1.71 bits per heavy atom.